The maximum Gasteiger partial charge on any atom is 0.0835 e. The molecule has 2 unspecified atom stereocenters. The molecule has 4 nitrogen and oxygen atoms in total. The lowest BCUT2D eigenvalue weighted by molar-refractivity contribution is -0.125. The Morgan fingerprint density at radius 1 is 1.09 bits per heavy atom. The van der Waals surface area contributed by atoms with Crippen molar-refractivity contribution in [2.45, 2.75) is 31.2 Å². The molecule has 11 heavy (non-hydrogen) atoms. The second-order valence-electron chi connectivity index (χ2n) is 2.87. The van der Waals surface area contributed by atoms with Crippen LogP contribution in [-0.4, -0.2) is 46.8 Å². The third-order valence-corrected chi connectivity index (χ3v) is 1.86. The van der Waals surface area contributed by atoms with Gasteiger partial charge >= 0.3 is 0 Å². The van der Waals surface area contributed by atoms with E-state index >= 15 is 0 Å². The van der Waals surface area contributed by atoms with Crippen LogP contribution in [0.1, 0.15) is 12.8 Å². The minimum absolute atomic E-state index is 0.0897. The lowest BCUT2D eigenvalue weighted by atomic mass is 10.0. The summed E-state index contributed by atoms with van der Waals surface area (Å²) >= 11 is 0. The fraction of sp³-hybridized carbons (Fsp3) is 1.00. The molecule has 1 fully saturated rings. The van der Waals surface area contributed by atoms with Crippen molar-refractivity contribution in [1.29, 1.82) is 0 Å². The SMILES string of the molecule is OCC1CC(O)C[C@@H](CO)O1. The summed E-state index contributed by atoms with van der Waals surface area (Å²) in [4.78, 5) is 0. The van der Waals surface area contributed by atoms with Gasteiger partial charge in [-0.2, -0.15) is 0 Å². The van der Waals surface area contributed by atoms with Gasteiger partial charge in [-0.1, -0.05) is 0 Å². The second-order valence-corrected chi connectivity index (χ2v) is 2.87. The van der Waals surface area contributed by atoms with Crippen molar-refractivity contribution in [2.24, 2.45) is 0 Å². The molecule has 66 valence electrons. The third kappa shape index (κ3) is 2.41. The van der Waals surface area contributed by atoms with Crippen LogP contribution in [0, 0.1) is 0 Å². The monoisotopic (exact) mass is 162 g/mol. The molecule has 0 aliphatic carbocycles. The summed E-state index contributed by atoms with van der Waals surface area (Å²) < 4.78 is 5.20. The van der Waals surface area contributed by atoms with E-state index in [9.17, 15) is 5.11 Å². The molecule has 0 bridgehead atoms. The summed E-state index contributed by atoms with van der Waals surface area (Å²) in [5.41, 5.74) is 0. The Labute approximate surface area is 65.4 Å². The van der Waals surface area contributed by atoms with Gasteiger partial charge in [0.1, 0.15) is 0 Å². The number of ether oxygens (including phenoxy) is 1. The number of rotatable bonds is 2. The Morgan fingerprint density at radius 2 is 1.55 bits per heavy atom. The first-order valence-electron chi connectivity index (χ1n) is 3.81. The molecule has 1 aliphatic rings. The van der Waals surface area contributed by atoms with Crippen molar-refractivity contribution in [2.75, 3.05) is 13.2 Å². The van der Waals surface area contributed by atoms with Gasteiger partial charge in [-0.25, -0.2) is 0 Å². The number of aliphatic hydroxyl groups is 3. The summed E-state index contributed by atoms with van der Waals surface area (Å²) in [6.07, 6.45) is -0.134. The first-order chi connectivity index (χ1) is 5.26. The van der Waals surface area contributed by atoms with E-state index in [1.807, 2.05) is 0 Å². The fourth-order valence-electron chi connectivity index (χ4n) is 1.32. The fourth-order valence-corrected chi connectivity index (χ4v) is 1.32. The standard InChI is InChI=1S/C7H14O4/c8-3-6-1-5(10)2-7(4-9)11-6/h5-10H,1-4H2/t5?,6-,7?/m0/s1. The van der Waals surface area contributed by atoms with Gasteiger partial charge in [0.25, 0.3) is 0 Å². The highest BCUT2D eigenvalue weighted by molar-refractivity contribution is 4.76. The Hall–Kier alpha value is -0.160. The average molecular weight is 162 g/mol. The molecule has 0 aromatic carbocycles. The van der Waals surface area contributed by atoms with Crippen LogP contribution in [0.25, 0.3) is 0 Å². The number of hydrogen-bond acceptors (Lipinski definition) is 4. The molecular weight excluding hydrogens is 148 g/mol. The zero-order valence-electron chi connectivity index (χ0n) is 6.31. The van der Waals surface area contributed by atoms with Gasteiger partial charge in [0, 0.05) is 12.8 Å². The zero-order chi connectivity index (χ0) is 8.27. The van der Waals surface area contributed by atoms with Crippen molar-refractivity contribution in [3.63, 3.8) is 0 Å². The largest absolute Gasteiger partial charge is 0.394 e. The van der Waals surface area contributed by atoms with Gasteiger partial charge in [0.15, 0.2) is 0 Å². The van der Waals surface area contributed by atoms with Crippen LogP contribution in [0.2, 0.25) is 0 Å². The van der Waals surface area contributed by atoms with Crippen LogP contribution in [0.4, 0.5) is 0 Å². The minimum Gasteiger partial charge on any atom is -0.394 e. The summed E-state index contributed by atoms with van der Waals surface area (Å²) in [6, 6.07) is 0. The molecule has 1 aliphatic heterocycles. The van der Waals surface area contributed by atoms with E-state index < -0.39 is 6.10 Å². The van der Waals surface area contributed by atoms with Gasteiger partial charge in [-0.15, -0.1) is 0 Å². The van der Waals surface area contributed by atoms with E-state index in [4.69, 9.17) is 14.9 Å². The quantitative estimate of drug-likeness (QED) is 0.481. The lowest BCUT2D eigenvalue weighted by Gasteiger charge is -2.31. The minimum atomic E-state index is -0.446. The highest BCUT2D eigenvalue weighted by Crippen LogP contribution is 2.18. The summed E-state index contributed by atoms with van der Waals surface area (Å²) in [5.74, 6) is 0. The van der Waals surface area contributed by atoms with Crippen molar-refractivity contribution in [1.82, 2.24) is 0 Å². The molecule has 0 aromatic rings. The summed E-state index contributed by atoms with van der Waals surface area (Å²) in [6.45, 7) is -0.179. The van der Waals surface area contributed by atoms with E-state index in [1.54, 1.807) is 0 Å². The average Bonchev–Trinajstić information content (AvgIpc) is 2.03. The molecule has 1 saturated heterocycles. The van der Waals surface area contributed by atoms with E-state index in [1.165, 1.54) is 0 Å². The van der Waals surface area contributed by atoms with Crippen LogP contribution in [0.3, 0.4) is 0 Å². The number of hydrogen-bond donors (Lipinski definition) is 3. The Kier molecular flexibility index (Phi) is 3.26. The van der Waals surface area contributed by atoms with Gasteiger partial charge in [0.2, 0.25) is 0 Å². The highest BCUT2D eigenvalue weighted by atomic mass is 16.5. The molecule has 0 amide bonds. The lowest BCUT2D eigenvalue weighted by Crippen LogP contribution is -2.39. The first kappa shape index (κ1) is 8.93. The summed E-state index contributed by atoms with van der Waals surface area (Å²) in [5, 5.41) is 26.6. The molecule has 1 rings (SSSR count). The van der Waals surface area contributed by atoms with Crippen LogP contribution in [0.15, 0.2) is 0 Å². The third-order valence-electron chi connectivity index (χ3n) is 1.86. The molecule has 3 N–H and O–H groups in total. The van der Waals surface area contributed by atoms with E-state index in [2.05, 4.69) is 0 Å². The van der Waals surface area contributed by atoms with Crippen molar-refractivity contribution in [3.8, 4) is 0 Å². The van der Waals surface area contributed by atoms with Crippen molar-refractivity contribution in [3.05, 3.63) is 0 Å². The van der Waals surface area contributed by atoms with E-state index in [0.717, 1.165) is 0 Å². The van der Waals surface area contributed by atoms with Gasteiger partial charge in [-0.05, 0) is 0 Å². The van der Waals surface area contributed by atoms with Gasteiger partial charge in [-0.3, -0.25) is 0 Å². The second kappa shape index (κ2) is 4.01. The summed E-state index contributed by atoms with van der Waals surface area (Å²) in [7, 11) is 0. The molecule has 4 heteroatoms. The number of aliphatic hydroxyl groups excluding tert-OH is 3. The molecule has 1 heterocycles. The van der Waals surface area contributed by atoms with Gasteiger partial charge < -0.3 is 20.1 Å². The van der Waals surface area contributed by atoms with E-state index in [0.29, 0.717) is 12.8 Å². The van der Waals surface area contributed by atoms with Crippen molar-refractivity contribution < 1.29 is 20.1 Å². The van der Waals surface area contributed by atoms with Gasteiger partial charge in [0.05, 0.1) is 31.5 Å². The Morgan fingerprint density at radius 3 is 1.91 bits per heavy atom. The molecule has 3 atom stereocenters. The van der Waals surface area contributed by atoms with Crippen LogP contribution < -0.4 is 0 Å². The normalized spacial score (nSPS) is 39.0. The smallest absolute Gasteiger partial charge is 0.0835 e. The highest BCUT2D eigenvalue weighted by Gasteiger charge is 2.26. The predicted molar refractivity (Wildman–Crippen MR) is 38.1 cm³/mol. The van der Waals surface area contributed by atoms with Crippen LogP contribution in [-0.2, 0) is 4.74 Å². The Balaban J connectivity index is 2.37. The molecule has 0 saturated carbocycles. The molecule has 0 spiro atoms. The zero-order valence-corrected chi connectivity index (χ0v) is 6.31. The Bertz CT molecular complexity index is 105. The maximum absolute atomic E-state index is 9.21. The van der Waals surface area contributed by atoms with Crippen molar-refractivity contribution >= 4 is 0 Å². The van der Waals surface area contributed by atoms with E-state index in [-0.39, 0.29) is 25.4 Å². The molecule has 0 aromatic heterocycles. The maximum atomic E-state index is 9.21. The molecular formula is C7H14O4. The molecule has 0 radical (unpaired) electrons. The van der Waals surface area contributed by atoms with Crippen LogP contribution in [0.5, 0.6) is 0 Å². The topological polar surface area (TPSA) is 69.9 Å². The predicted octanol–water partition coefficient (Wildman–Crippen LogP) is -1.12. The van der Waals surface area contributed by atoms with Crippen LogP contribution >= 0.6 is 0 Å². The first-order valence-corrected chi connectivity index (χ1v) is 3.81.